The van der Waals surface area contributed by atoms with Crippen LogP contribution in [-0.2, 0) is 27.3 Å². The highest BCUT2D eigenvalue weighted by molar-refractivity contribution is 6.08. The molecule has 0 fully saturated rings. The molecule has 31 heavy (non-hydrogen) atoms. The van der Waals surface area contributed by atoms with Crippen molar-refractivity contribution in [3.05, 3.63) is 70.8 Å². The summed E-state index contributed by atoms with van der Waals surface area (Å²) < 4.78 is 5.21. The fourth-order valence-electron chi connectivity index (χ4n) is 4.22. The molecule has 4 rings (SSSR count). The van der Waals surface area contributed by atoms with Gasteiger partial charge >= 0.3 is 5.97 Å². The minimum absolute atomic E-state index is 0.223. The van der Waals surface area contributed by atoms with Crippen LogP contribution in [0.25, 0.3) is 0 Å². The van der Waals surface area contributed by atoms with Gasteiger partial charge in [-0.3, -0.25) is 14.9 Å². The van der Waals surface area contributed by atoms with E-state index in [0.717, 1.165) is 18.5 Å². The van der Waals surface area contributed by atoms with Gasteiger partial charge in [0.25, 0.3) is 0 Å². The first-order valence-corrected chi connectivity index (χ1v) is 10.9. The van der Waals surface area contributed by atoms with Gasteiger partial charge in [0.1, 0.15) is 6.04 Å². The molecule has 6 nitrogen and oxygen atoms in total. The van der Waals surface area contributed by atoms with Crippen LogP contribution >= 0.6 is 0 Å². The van der Waals surface area contributed by atoms with Crippen LogP contribution < -0.4 is 5.32 Å². The normalized spacial score (nSPS) is 20.7. The van der Waals surface area contributed by atoms with Crippen LogP contribution in [0.15, 0.2) is 53.5 Å². The average Bonchev–Trinajstić information content (AvgIpc) is 2.78. The Balaban J connectivity index is 1.68. The Morgan fingerprint density at radius 1 is 1.16 bits per heavy atom. The quantitative estimate of drug-likeness (QED) is 0.608. The fourth-order valence-corrected chi connectivity index (χ4v) is 4.22. The minimum Gasteiger partial charge on any atom is -0.465 e. The van der Waals surface area contributed by atoms with Gasteiger partial charge in [0.05, 0.1) is 6.61 Å². The van der Waals surface area contributed by atoms with Crippen LogP contribution in [0, 0.1) is 5.92 Å². The third kappa shape index (κ3) is 4.33. The van der Waals surface area contributed by atoms with E-state index < -0.39 is 17.9 Å². The molecule has 2 aromatic carbocycles. The van der Waals surface area contributed by atoms with E-state index in [-0.39, 0.29) is 12.5 Å². The lowest BCUT2D eigenvalue weighted by Crippen LogP contribution is -2.53. The van der Waals surface area contributed by atoms with Gasteiger partial charge in [-0.05, 0) is 41.5 Å². The molecule has 2 aliphatic rings. The number of guanidine groups is 1. The van der Waals surface area contributed by atoms with E-state index in [1.807, 2.05) is 30.3 Å². The Morgan fingerprint density at radius 2 is 1.87 bits per heavy atom. The van der Waals surface area contributed by atoms with Gasteiger partial charge in [-0.1, -0.05) is 62.4 Å². The van der Waals surface area contributed by atoms with Gasteiger partial charge in [-0.15, -0.1) is 0 Å². The van der Waals surface area contributed by atoms with E-state index in [1.54, 1.807) is 6.92 Å². The summed E-state index contributed by atoms with van der Waals surface area (Å²) in [5.74, 6) is -0.967. The molecule has 2 aliphatic heterocycles. The SMILES string of the molecule is CCOC(=O)[C@H]1C(=O)NC(N2CCc3ccccc3C2)=N[C@@H]1c1ccc(C(C)C)cc1. The number of esters is 1. The zero-order valence-electron chi connectivity index (χ0n) is 18.3. The van der Waals surface area contributed by atoms with Crippen molar-refractivity contribution in [2.45, 2.75) is 45.7 Å². The summed E-state index contributed by atoms with van der Waals surface area (Å²) in [5.41, 5.74) is 4.60. The zero-order chi connectivity index (χ0) is 22.0. The topological polar surface area (TPSA) is 71.0 Å². The molecular weight excluding hydrogens is 390 g/mol. The molecule has 2 aromatic rings. The standard InChI is InChI=1S/C25H29N3O3/c1-4-31-24(30)21-22(19-11-9-17(10-12-19)16(2)3)26-25(27-23(21)29)28-14-13-18-7-5-6-8-20(18)15-28/h5-12,16,21-22H,4,13-15H2,1-3H3,(H,26,27,29)/t21-,22-/m1/s1. The number of ether oxygens (including phenoxy) is 1. The molecule has 0 bridgehead atoms. The van der Waals surface area contributed by atoms with E-state index in [4.69, 9.17) is 9.73 Å². The first-order chi connectivity index (χ1) is 15.0. The van der Waals surface area contributed by atoms with Crippen LogP contribution in [0.3, 0.4) is 0 Å². The van der Waals surface area contributed by atoms with Crippen molar-refractivity contribution in [2.75, 3.05) is 13.2 Å². The number of rotatable bonds is 4. The molecule has 0 aliphatic carbocycles. The highest BCUT2D eigenvalue weighted by Gasteiger charge is 2.42. The van der Waals surface area contributed by atoms with Crippen molar-refractivity contribution in [3.8, 4) is 0 Å². The van der Waals surface area contributed by atoms with Gasteiger partial charge in [0, 0.05) is 13.1 Å². The molecule has 0 aromatic heterocycles. The second-order valence-corrected chi connectivity index (χ2v) is 8.38. The number of amides is 1. The molecule has 2 heterocycles. The molecule has 6 heteroatoms. The molecular formula is C25H29N3O3. The number of benzene rings is 2. The third-order valence-electron chi connectivity index (χ3n) is 6.01. The maximum atomic E-state index is 13.0. The molecule has 0 saturated heterocycles. The first kappa shape index (κ1) is 21.1. The van der Waals surface area contributed by atoms with Crippen LogP contribution in [0.1, 0.15) is 55.0 Å². The number of fused-ring (bicyclic) bond motifs is 1. The van der Waals surface area contributed by atoms with E-state index in [0.29, 0.717) is 18.4 Å². The van der Waals surface area contributed by atoms with Crippen LogP contribution in [0.5, 0.6) is 0 Å². The highest BCUT2D eigenvalue weighted by Crippen LogP contribution is 2.32. The smallest absolute Gasteiger partial charge is 0.321 e. The number of nitrogens with zero attached hydrogens (tertiary/aromatic N) is 2. The Labute approximate surface area is 183 Å². The summed E-state index contributed by atoms with van der Waals surface area (Å²) in [5, 5.41) is 2.87. The summed E-state index contributed by atoms with van der Waals surface area (Å²) in [6.07, 6.45) is 0.889. The number of hydrogen-bond donors (Lipinski definition) is 1. The summed E-state index contributed by atoms with van der Waals surface area (Å²) >= 11 is 0. The van der Waals surface area contributed by atoms with Crippen LogP contribution in [-0.4, -0.2) is 35.9 Å². The van der Waals surface area contributed by atoms with E-state index >= 15 is 0 Å². The minimum atomic E-state index is -0.995. The van der Waals surface area contributed by atoms with E-state index in [1.165, 1.54) is 16.7 Å². The van der Waals surface area contributed by atoms with Crippen molar-refractivity contribution in [1.82, 2.24) is 10.2 Å². The molecule has 0 radical (unpaired) electrons. The first-order valence-electron chi connectivity index (χ1n) is 10.9. The number of nitrogens with one attached hydrogen (secondary N) is 1. The Hall–Kier alpha value is -3.15. The molecule has 1 N–H and O–H groups in total. The van der Waals surface area contributed by atoms with E-state index in [2.05, 4.69) is 42.3 Å². The van der Waals surface area contributed by atoms with Gasteiger partial charge in [0.15, 0.2) is 5.92 Å². The van der Waals surface area contributed by atoms with Crippen LogP contribution in [0.4, 0.5) is 0 Å². The molecule has 1 amide bonds. The molecule has 0 saturated carbocycles. The average molecular weight is 420 g/mol. The predicted molar refractivity (Wildman–Crippen MR) is 120 cm³/mol. The largest absolute Gasteiger partial charge is 0.465 e. The fraction of sp³-hybridized carbons (Fsp3) is 0.400. The number of hydrogen-bond acceptors (Lipinski definition) is 5. The maximum Gasteiger partial charge on any atom is 0.321 e. The maximum absolute atomic E-state index is 13.0. The summed E-state index contributed by atoms with van der Waals surface area (Å²) in [7, 11) is 0. The second kappa shape index (κ2) is 8.92. The second-order valence-electron chi connectivity index (χ2n) is 8.38. The van der Waals surface area contributed by atoms with Crippen molar-refractivity contribution in [1.29, 1.82) is 0 Å². The predicted octanol–water partition coefficient (Wildman–Crippen LogP) is 3.57. The summed E-state index contributed by atoms with van der Waals surface area (Å²) in [6.45, 7) is 7.67. The Bertz CT molecular complexity index is 997. The number of aliphatic imine (C=N–C) groups is 1. The van der Waals surface area contributed by atoms with Crippen molar-refractivity contribution in [3.63, 3.8) is 0 Å². The lowest BCUT2D eigenvalue weighted by molar-refractivity contribution is -0.153. The zero-order valence-corrected chi connectivity index (χ0v) is 18.3. The monoisotopic (exact) mass is 419 g/mol. The van der Waals surface area contributed by atoms with Gasteiger partial charge in [-0.25, -0.2) is 4.99 Å². The van der Waals surface area contributed by atoms with Crippen molar-refractivity contribution in [2.24, 2.45) is 10.9 Å². The molecule has 162 valence electrons. The van der Waals surface area contributed by atoms with Gasteiger partial charge < -0.3 is 9.64 Å². The lowest BCUT2D eigenvalue weighted by atomic mass is 9.90. The summed E-state index contributed by atoms with van der Waals surface area (Å²) in [6, 6.07) is 15.7. The third-order valence-corrected chi connectivity index (χ3v) is 6.01. The molecule has 2 atom stereocenters. The Morgan fingerprint density at radius 3 is 2.55 bits per heavy atom. The summed E-state index contributed by atoms with van der Waals surface area (Å²) in [4.78, 5) is 32.6. The molecule has 0 unspecified atom stereocenters. The lowest BCUT2D eigenvalue weighted by Gasteiger charge is -2.36. The number of carbonyl (C=O) groups excluding carboxylic acids is 2. The van der Waals surface area contributed by atoms with Gasteiger partial charge in [0.2, 0.25) is 11.9 Å². The van der Waals surface area contributed by atoms with E-state index in [9.17, 15) is 9.59 Å². The Kier molecular flexibility index (Phi) is 6.07. The van der Waals surface area contributed by atoms with Crippen molar-refractivity contribution >= 4 is 17.8 Å². The van der Waals surface area contributed by atoms with Gasteiger partial charge in [-0.2, -0.15) is 0 Å². The van der Waals surface area contributed by atoms with Crippen molar-refractivity contribution < 1.29 is 14.3 Å². The molecule has 0 spiro atoms. The van der Waals surface area contributed by atoms with Crippen LogP contribution in [0.2, 0.25) is 0 Å². The highest BCUT2D eigenvalue weighted by atomic mass is 16.5. The number of carbonyl (C=O) groups is 2.